The highest BCUT2D eigenvalue weighted by Crippen LogP contribution is 2.18. The first kappa shape index (κ1) is 19.3. The Hall–Kier alpha value is -2.06. The summed E-state index contributed by atoms with van der Waals surface area (Å²) in [5.74, 6) is 0.292. The predicted molar refractivity (Wildman–Crippen MR) is 93.0 cm³/mol. The molecule has 2 aromatic rings. The Labute approximate surface area is 152 Å². The van der Waals surface area contributed by atoms with Crippen molar-refractivity contribution in [1.82, 2.24) is 30.4 Å². The van der Waals surface area contributed by atoms with Crippen molar-refractivity contribution < 1.29 is 9.18 Å². The van der Waals surface area contributed by atoms with Gasteiger partial charge in [-0.25, -0.2) is 9.07 Å². The minimum atomic E-state index is -0.524. The van der Waals surface area contributed by atoms with Crippen molar-refractivity contribution in [3.05, 3.63) is 41.5 Å². The molecular formula is C16H22ClFN6O. The molecule has 3 rings (SSSR count). The lowest BCUT2D eigenvalue weighted by Gasteiger charge is -2.26. The Kier molecular flexibility index (Phi) is 6.83. The van der Waals surface area contributed by atoms with Crippen molar-refractivity contribution >= 4 is 18.3 Å². The highest BCUT2D eigenvalue weighted by atomic mass is 35.5. The van der Waals surface area contributed by atoms with Crippen molar-refractivity contribution in [3.8, 4) is 0 Å². The summed E-state index contributed by atoms with van der Waals surface area (Å²) in [4.78, 5) is 14.9. The average Bonchev–Trinajstić information content (AvgIpc) is 2.85. The van der Waals surface area contributed by atoms with E-state index in [0.717, 1.165) is 25.1 Å². The molecule has 7 nitrogen and oxygen atoms in total. The number of hydrogen-bond acceptors (Lipinski definition) is 5. The SMILES string of the molecule is Cc1nnnn1C(Cc1ccc(F)cc1)C(=O)N1CCCNCC1.Cl. The fraction of sp³-hybridized carbons (Fsp3) is 0.500. The molecule has 1 aromatic carbocycles. The number of aryl methyl sites for hydroxylation is 1. The summed E-state index contributed by atoms with van der Waals surface area (Å²) < 4.78 is 14.7. The molecule has 0 aliphatic carbocycles. The molecule has 0 bridgehead atoms. The van der Waals surface area contributed by atoms with Crippen LogP contribution in [0.3, 0.4) is 0 Å². The molecule has 9 heteroatoms. The normalized spacial score (nSPS) is 16.0. The molecule has 1 aliphatic rings. The standard InChI is InChI=1S/C16H21FN6O.ClH/c1-12-19-20-21-23(12)15(11-13-3-5-14(17)6-4-13)16(24)22-9-2-7-18-8-10-22;/h3-6,15,18H,2,7-11H2,1H3;1H. The summed E-state index contributed by atoms with van der Waals surface area (Å²) in [6.45, 7) is 4.85. The van der Waals surface area contributed by atoms with E-state index >= 15 is 0 Å². The second-order valence-electron chi connectivity index (χ2n) is 5.95. The molecule has 1 atom stereocenters. The Balaban J connectivity index is 0.00000225. The topological polar surface area (TPSA) is 75.9 Å². The van der Waals surface area contributed by atoms with Gasteiger partial charge in [0.15, 0.2) is 0 Å². The lowest BCUT2D eigenvalue weighted by atomic mass is 10.0. The van der Waals surface area contributed by atoms with Crippen LogP contribution in [0.25, 0.3) is 0 Å². The minimum Gasteiger partial charge on any atom is -0.340 e. The first-order valence-corrected chi connectivity index (χ1v) is 8.13. The largest absolute Gasteiger partial charge is 0.340 e. The number of carbonyl (C=O) groups excluding carboxylic acids is 1. The number of rotatable bonds is 4. The number of carbonyl (C=O) groups is 1. The number of halogens is 2. The van der Waals surface area contributed by atoms with Crippen LogP contribution in [0.1, 0.15) is 23.9 Å². The molecule has 1 unspecified atom stereocenters. The number of hydrogen-bond donors (Lipinski definition) is 1. The number of amides is 1. The molecule has 0 spiro atoms. The molecular weight excluding hydrogens is 347 g/mol. The van der Waals surface area contributed by atoms with Crippen LogP contribution in [0.15, 0.2) is 24.3 Å². The maximum atomic E-state index is 13.1. The van der Waals surface area contributed by atoms with E-state index in [1.165, 1.54) is 12.1 Å². The molecule has 2 heterocycles. The Morgan fingerprint density at radius 3 is 2.72 bits per heavy atom. The van der Waals surface area contributed by atoms with Crippen LogP contribution in [0.5, 0.6) is 0 Å². The molecule has 0 saturated carbocycles. The van der Waals surface area contributed by atoms with Gasteiger partial charge in [-0.1, -0.05) is 12.1 Å². The monoisotopic (exact) mass is 368 g/mol. The third-order valence-corrected chi connectivity index (χ3v) is 4.23. The third kappa shape index (κ3) is 4.73. The number of nitrogens with zero attached hydrogens (tertiary/aromatic N) is 5. The highest BCUT2D eigenvalue weighted by molar-refractivity contribution is 5.85. The Bertz CT molecular complexity index is 684. The molecule has 1 aliphatic heterocycles. The van der Waals surface area contributed by atoms with Gasteiger partial charge < -0.3 is 10.2 Å². The van der Waals surface area contributed by atoms with Gasteiger partial charge in [-0.05, 0) is 48.0 Å². The predicted octanol–water partition coefficient (Wildman–Crippen LogP) is 1.15. The van der Waals surface area contributed by atoms with Crippen molar-refractivity contribution in [3.63, 3.8) is 0 Å². The Morgan fingerprint density at radius 2 is 2.04 bits per heavy atom. The van der Waals surface area contributed by atoms with E-state index in [0.29, 0.717) is 25.3 Å². The molecule has 1 aromatic heterocycles. The molecule has 1 fully saturated rings. The van der Waals surface area contributed by atoms with Crippen molar-refractivity contribution in [1.29, 1.82) is 0 Å². The van der Waals surface area contributed by atoms with Gasteiger partial charge in [0.1, 0.15) is 17.7 Å². The van der Waals surface area contributed by atoms with Gasteiger partial charge in [0.2, 0.25) is 5.91 Å². The number of benzene rings is 1. The van der Waals surface area contributed by atoms with Crippen molar-refractivity contribution in [2.24, 2.45) is 0 Å². The van der Waals surface area contributed by atoms with Gasteiger partial charge in [-0.2, -0.15) is 0 Å². The smallest absolute Gasteiger partial charge is 0.247 e. The molecule has 1 N–H and O–H groups in total. The van der Waals surface area contributed by atoms with E-state index in [9.17, 15) is 9.18 Å². The van der Waals surface area contributed by atoms with Crippen LogP contribution in [-0.4, -0.2) is 57.2 Å². The molecule has 0 radical (unpaired) electrons. The zero-order valence-electron chi connectivity index (χ0n) is 14.1. The van der Waals surface area contributed by atoms with Crippen molar-refractivity contribution in [2.45, 2.75) is 25.8 Å². The zero-order valence-corrected chi connectivity index (χ0v) is 14.9. The van der Waals surface area contributed by atoms with Crippen LogP contribution in [0, 0.1) is 12.7 Å². The number of nitrogens with one attached hydrogen (secondary N) is 1. The van der Waals surface area contributed by atoms with Crippen LogP contribution < -0.4 is 5.32 Å². The fourth-order valence-electron chi connectivity index (χ4n) is 2.93. The number of aromatic nitrogens is 4. The van der Waals surface area contributed by atoms with Crippen LogP contribution in [0.4, 0.5) is 4.39 Å². The van der Waals surface area contributed by atoms with Gasteiger partial charge in [0, 0.05) is 26.1 Å². The summed E-state index contributed by atoms with van der Waals surface area (Å²) in [5.41, 5.74) is 0.873. The van der Waals surface area contributed by atoms with Gasteiger partial charge in [0.05, 0.1) is 0 Å². The third-order valence-electron chi connectivity index (χ3n) is 4.23. The second-order valence-corrected chi connectivity index (χ2v) is 5.95. The van der Waals surface area contributed by atoms with E-state index in [-0.39, 0.29) is 24.1 Å². The van der Waals surface area contributed by atoms with Gasteiger partial charge in [0.25, 0.3) is 0 Å². The summed E-state index contributed by atoms with van der Waals surface area (Å²) >= 11 is 0. The summed E-state index contributed by atoms with van der Waals surface area (Å²) in [6, 6.07) is 5.67. The molecule has 1 saturated heterocycles. The highest BCUT2D eigenvalue weighted by Gasteiger charge is 2.29. The maximum absolute atomic E-state index is 13.1. The Morgan fingerprint density at radius 1 is 1.28 bits per heavy atom. The minimum absolute atomic E-state index is 0. The van der Waals surface area contributed by atoms with E-state index in [4.69, 9.17) is 0 Å². The first-order chi connectivity index (χ1) is 11.6. The molecule has 136 valence electrons. The lowest BCUT2D eigenvalue weighted by molar-refractivity contribution is -0.135. The van der Waals surface area contributed by atoms with E-state index in [1.807, 2.05) is 4.90 Å². The summed E-state index contributed by atoms with van der Waals surface area (Å²) in [5, 5.41) is 14.8. The van der Waals surface area contributed by atoms with Crippen LogP contribution >= 0.6 is 12.4 Å². The zero-order chi connectivity index (χ0) is 16.9. The van der Waals surface area contributed by atoms with E-state index in [2.05, 4.69) is 20.8 Å². The van der Waals surface area contributed by atoms with Gasteiger partial charge >= 0.3 is 0 Å². The fourth-order valence-corrected chi connectivity index (χ4v) is 2.93. The maximum Gasteiger partial charge on any atom is 0.247 e. The number of tetrazole rings is 1. The van der Waals surface area contributed by atoms with E-state index in [1.54, 1.807) is 23.7 Å². The molecule has 1 amide bonds. The quantitative estimate of drug-likeness (QED) is 0.876. The summed E-state index contributed by atoms with van der Waals surface area (Å²) in [7, 11) is 0. The first-order valence-electron chi connectivity index (χ1n) is 8.13. The van der Waals surface area contributed by atoms with Crippen LogP contribution in [-0.2, 0) is 11.2 Å². The summed E-state index contributed by atoms with van der Waals surface area (Å²) in [6.07, 6.45) is 1.35. The van der Waals surface area contributed by atoms with Crippen molar-refractivity contribution in [2.75, 3.05) is 26.2 Å². The van der Waals surface area contributed by atoms with Gasteiger partial charge in [-0.3, -0.25) is 4.79 Å². The lowest BCUT2D eigenvalue weighted by Crippen LogP contribution is -2.40. The van der Waals surface area contributed by atoms with E-state index < -0.39 is 6.04 Å². The molecule has 25 heavy (non-hydrogen) atoms. The average molecular weight is 369 g/mol. The van der Waals surface area contributed by atoms with Crippen LogP contribution in [0.2, 0.25) is 0 Å². The van der Waals surface area contributed by atoms with Gasteiger partial charge in [-0.15, -0.1) is 17.5 Å². The second kappa shape index (κ2) is 8.87.